The molecule has 1 amide bonds. The van der Waals surface area contributed by atoms with Gasteiger partial charge in [-0.1, -0.05) is 19.1 Å². The van der Waals surface area contributed by atoms with Gasteiger partial charge in [-0.15, -0.1) is 11.8 Å². The molecule has 0 radical (unpaired) electrons. The fraction of sp³-hybridized carbons (Fsp3) is 0.176. The molecule has 0 bridgehead atoms. The average Bonchev–Trinajstić information content (AvgIpc) is 2.92. The number of benzene rings is 1. The maximum Gasteiger partial charge on any atom is 0.266 e. The summed E-state index contributed by atoms with van der Waals surface area (Å²) in [4.78, 5) is 13.2. The van der Waals surface area contributed by atoms with Crippen LogP contribution >= 0.6 is 11.8 Å². The van der Waals surface area contributed by atoms with Crippen LogP contribution in [0.15, 0.2) is 51.3 Å². The van der Waals surface area contributed by atoms with Crippen LogP contribution in [-0.4, -0.2) is 11.7 Å². The smallest absolute Gasteiger partial charge is 0.266 e. The largest absolute Gasteiger partial charge is 0.462 e. The first-order valence-electron chi connectivity index (χ1n) is 6.85. The molecule has 0 aliphatic carbocycles. The number of aryl methyl sites for hydroxylation is 1. The number of thioether (sulfide) groups is 1. The van der Waals surface area contributed by atoms with Crippen LogP contribution in [0, 0.1) is 18.3 Å². The summed E-state index contributed by atoms with van der Waals surface area (Å²) in [5, 5.41) is 12.0. The Morgan fingerprint density at radius 3 is 2.77 bits per heavy atom. The first-order valence-corrected chi connectivity index (χ1v) is 7.84. The van der Waals surface area contributed by atoms with E-state index in [9.17, 15) is 10.1 Å². The normalized spacial score (nSPS) is 11.0. The van der Waals surface area contributed by atoms with Gasteiger partial charge in [0.1, 0.15) is 23.2 Å². The third kappa shape index (κ3) is 4.03. The number of nitrogens with one attached hydrogen (secondary N) is 1. The van der Waals surface area contributed by atoms with Gasteiger partial charge >= 0.3 is 0 Å². The predicted molar refractivity (Wildman–Crippen MR) is 88.5 cm³/mol. The number of para-hydroxylation sites is 1. The molecule has 0 aliphatic heterocycles. The van der Waals surface area contributed by atoms with Crippen molar-refractivity contribution in [3.05, 3.63) is 53.5 Å². The van der Waals surface area contributed by atoms with Crippen molar-refractivity contribution in [2.45, 2.75) is 18.7 Å². The molecule has 0 fully saturated rings. The number of carbonyl (C=O) groups is 1. The quantitative estimate of drug-likeness (QED) is 0.509. The maximum atomic E-state index is 12.3. The van der Waals surface area contributed by atoms with Crippen LogP contribution in [-0.2, 0) is 4.79 Å². The van der Waals surface area contributed by atoms with Gasteiger partial charge in [0.05, 0.1) is 5.69 Å². The molecule has 5 heteroatoms. The second kappa shape index (κ2) is 7.53. The van der Waals surface area contributed by atoms with Gasteiger partial charge in [-0.05, 0) is 36.9 Å². The van der Waals surface area contributed by atoms with Gasteiger partial charge in [0, 0.05) is 11.0 Å². The van der Waals surface area contributed by atoms with E-state index in [2.05, 4.69) is 5.32 Å². The van der Waals surface area contributed by atoms with Crippen LogP contribution in [0.25, 0.3) is 6.08 Å². The third-order valence-corrected chi connectivity index (χ3v) is 3.80. The number of nitrogens with zero attached hydrogens (tertiary/aromatic N) is 1. The molecule has 22 heavy (non-hydrogen) atoms. The van der Waals surface area contributed by atoms with Crippen LogP contribution in [0.2, 0.25) is 0 Å². The van der Waals surface area contributed by atoms with Crippen molar-refractivity contribution >= 4 is 29.4 Å². The summed E-state index contributed by atoms with van der Waals surface area (Å²) < 4.78 is 5.37. The van der Waals surface area contributed by atoms with Crippen molar-refractivity contribution in [1.29, 1.82) is 5.26 Å². The summed E-state index contributed by atoms with van der Waals surface area (Å²) in [5.41, 5.74) is 0.710. The lowest BCUT2D eigenvalue weighted by Gasteiger charge is -2.09. The van der Waals surface area contributed by atoms with Gasteiger partial charge < -0.3 is 9.73 Å². The molecule has 1 N–H and O–H groups in total. The number of carbonyl (C=O) groups excluding carboxylic acids is 1. The number of amides is 1. The Morgan fingerprint density at radius 2 is 2.14 bits per heavy atom. The number of anilines is 1. The minimum atomic E-state index is -0.444. The van der Waals surface area contributed by atoms with E-state index in [0.29, 0.717) is 11.4 Å². The van der Waals surface area contributed by atoms with Crippen LogP contribution in [0.1, 0.15) is 18.4 Å². The Labute approximate surface area is 133 Å². The molecule has 2 aromatic rings. The molecule has 2 rings (SSSR count). The van der Waals surface area contributed by atoms with Crippen molar-refractivity contribution in [3.8, 4) is 6.07 Å². The fourth-order valence-electron chi connectivity index (χ4n) is 1.86. The van der Waals surface area contributed by atoms with E-state index >= 15 is 0 Å². The Bertz CT molecular complexity index is 741. The van der Waals surface area contributed by atoms with Gasteiger partial charge in [-0.3, -0.25) is 4.79 Å². The van der Waals surface area contributed by atoms with Gasteiger partial charge in [0.25, 0.3) is 5.91 Å². The lowest BCUT2D eigenvalue weighted by Crippen LogP contribution is -2.14. The minimum absolute atomic E-state index is 0.00523. The zero-order chi connectivity index (χ0) is 15.9. The Hall–Kier alpha value is -2.45. The van der Waals surface area contributed by atoms with Crippen molar-refractivity contribution in [1.82, 2.24) is 0 Å². The molecule has 0 saturated heterocycles. The molecule has 0 unspecified atom stereocenters. The Balaban J connectivity index is 2.20. The highest BCUT2D eigenvalue weighted by Gasteiger charge is 2.12. The van der Waals surface area contributed by atoms with Gasteiger partial charge in [-0.25, -0.2) is 0 Å². The summed E-state index contributed by atoms with van der Waals surface area (Å²) >= 11 is 1.63. The minimum Gasteiger partial charge on any atom is -0.462 e. The van der Waals surface area contributed by atoms with E-state index in [-0.39, 0.29) is 5.57 Å². The zero-order valence-corrected chi connectivity index (χ0v) is 13.2. The van der Waals surface area contributed by atoms with E-state index in [0.717, 1.165) is 16.4 Å². The topological polar surface area (TPSA) is 66.0 Å². The van der Waals surface area contributed by atoms with E-state index in [1.807, 2.05) is 44.2 Å². The maximum absolute atomic E-state index is 12.3. The van der Waals surface area contributed by atoms with Gasteiger partial charge in [0.2, 0.25) is 0 Å². The average molecular weight is 312 g/mol. The number of rotatable bonds is 5. The zero-order valence-electron chi connectivity index (χ0n) is 12.4. The van der Waals surface area contributed by atoms with E-state index in [1.165, 1.54) is 6.08 Å². The number of hydrogen-bond donors (Lipinski definition) is 1. The highest BCUT2D eigenvalue weighted by molar-refractivity contribution is 7.99. The highest BCUT2D eigenvalue weighted by Crippen LogP contribution is 2.27. The molecule has 1 aromatic heterocycles. The molecular formula is C17H16N2O2S. The second-order valence-corrected chi connectivity index (χ2v) is 5.81. The first kappa shape index (κ1) is 15.9. The van der Waals surface area contributed by atoms with E-state index in [4.69, 9.17) is 4.42 Å². The highest BCUT2D eigenvalue weighted by atomic mass is 32.2. The van der Waals surface area contributed by atoms with Crippen LogP contribution in [0.5, 0.6) is 0 Å². The standard InChI is InChI=1S/C17H16N2O2S/c1-3-22-16-7-5-4-6-15(16)19-17(20)13(11-18)10-14-9-8-12(2)21-14/h4-10H,3H2,1-2H3,(H,19,20). The molecule has 0 atom stereocenters. The Morgan fingerprint density at radius 1 is 1.36 bits per heavy atom. The summed E-state index contributed by atoms with van der Waals surface area (Å²) in [5.74, 6) is 1.68. The van der Waals surface area contributed by atoms with E-state index in [1.54, 1.807) is 23.9 Å². The molecule has 0 aliphatic rings. The number of hydrogen-bond acceptors (Lipinski definition) is 4. The summed E-state index contributed by atoms with van der Waals surface area (Å²) in [7, 11) is 0. The Kier molecular flexibility index (Phi) is 5.45. The molecule has 1 aromatic carbocycles. The second-order valence-electron chi connectivity index (χ2n) is 4.50. The molecule has 0 spiro atoms. The SMILES string of the molecule is CCSc1ccccc1NC(=O)C(C#N)=Cc1ccc(C)o1. The van der Waals surface area contributed by atoms with E-state index < -0.39 is 5.91 Å². The molecule has 4 nitrogen and oxygen atoms in total. The summed E-state index contributed by atoms with van der Waals surface area (Å²) in [6, 6.07) is 12.9. The van der Waals surface area contributed by atoms with Crippen LogP contribution in [0.3, 0.4) is 0 Å². The monoisotopic (exact) mass is 312 g/mol. The number of furan rings is 1. The molecular weight excluding hydrogens is 296 g/mol. The third-order valence-electron chi connectivity index (χ3n) is 2.85. The fourth-order valence-corrected chi connectivity index (χ4v) is 2.62. The molecule has 1 heterocycles. The van der Waals surface area contributed by atoms with Gasteiger partial charge in [0.15, 0.2) is 0 Å². The molecule has 112 valence electrons. The lowest BCUT2D eigenvalue weighted by atomic mass is 10.2. The van der Waals surface area contributed by atoms with Gasteiger partial charge in [-0.2, -0.15) is 5.26 Å². The summed E-state index contributed by atoms with van der Waals surface area (Å²) in [6.07, 6.45) is 1.44. The van der Waals surface area contributed by atoms with Crippen molar-refractivity contribution < 1.29 is 9.21 Å². The number of nitriles is 1. The molecule has 0 saturated carbocycles. The lowest BCUT2D eigenvalue weighted by molar-refractivity contribution is -0.112. The van der Waals surface area contributed by atoms with Crippen LogP contribution < -0.4 is 5.32 Å². The van der Waals surface area contributed by atoms with Crippen LogP contribution in [0.4, 0.5) is 5.69 Å². The predicted octanol–water partition coefficient (Wildman–Crippen LogP) is 4.25. The van der Waals surface area contributed by atoms with Crippen molar-refractivity contribution in [3.63, 3.8) is 0 Å². The van der Waals surface area contributed by atoms with Crippen molar-refractivity contribution in [2.75, 3.05) is 11.1 Å². The first-order chi connectivity index (χ1) is 10.6. The van der Waals surface area contributed by atoms with Crippen molar-refractivity contribution in [2.24, 2.45) is 0 Å². The summed E-state index contributed by atoms with van der Waals surface area (Å²) in [6.45, 7) is 3.85.